The van der Waals surface area contributed by atoms with Crippen molar-refractivity contribution >= 4 is 0 Å². The van der Waals surface area contributed by atoms with E-state index in [1.165, 1.54) is 30.4 Å². The van der Waals surface area contributed by atoms with Gasteiger partial charge in [-0.3, -0.25) is 0 Å². The van der Waals surface area contributed by atoms with Gasteiger partial charge in [0.15, 0.2) is 0 Å². The van der Waals surface area contributed by atoms with Gasteiger partial charge in [0.25, 0.3) is 0 Å². The molecule has 0 saturated carbocycles. The van der Waals surface area contributed by atoms with E-state index in [9.17, 15) is 0 Å². The van der Waals surface area contributed by atoms with Gasteiger partial charge < -0.3 is 10.1 Å². The molecule has 1 N–H and O–H groups in total. The molecule has 0 bridgehead atoms. The quantitative estimate of drug-likeness (QED) is 0.789. The van der Waals surface area contributed by atoms with Gasteiger partial charge in [-0.2, -0.15) is 0 Å². The molecule has 0 aromatic heterocycles. The van der Waals surface area contributed by atoms with Crippen molar-refractivity contribution in [2.24, 2.45) is 0 Å². The van der Waals surface area contributed by atoms with Crippen LogP contribution in [0.4, 0.5) is 0 Å². The number of hydrogen-bond donors (Lipinski definition) is 1. The van der Waals surface area contributed by atoms with Gasteiger partial charge in [-0.25, -0.2) is 0 Å². The van der Waals surface area contributed by atoms with E-state index in [0.29, 0.717) is 5.41 Å². The topological polar surface area (TPSA) is 21.3 Å². The molecule has 2 heteroatoms. The molecule has 1 atom stereocenters. The third-order valence-electron chi connectivity index (χ3n) is 3.84. The maximum absolute atomic E-state index is 5.07. The van der Waals surface area contributed by atoms with Gasteiger partial charge >= 0.3 is 0 Å². The molecule has 1 aliphatic carbocycles. The van der Waals surface area contributed by atoms with Gasteiger partial charge in [-0.05, 0) is 30.4 Å². The van der Waals surface area contributed by atoms with Crippen molar-refractivity contribution in [1.82, 2.24) is 5.32 Å². The fourth-order valence-corrected chi connectivity index (χ4v) is 2.85. The second-order valence-corrected chi connectivity index (χ2v) is 5.24. The summed E-state index contributed by atoms with van der Waals surface area (Å²) >= 11 is 0. The van der Waals surface area contributed by atoms with Gasteiger partial charge in [0.2, 0.25) is 0 Å². The van der Waals surface area contributed by atoms with E-state index in [1.54, 1.807) is 7.11 Å². The fraction of sp³-hybridized carbons (Fsp3) is 0.600. The summed E-state index contributed by atoms with van der Waals surface area (Å²) in [4.78, 5) is 0. The molecule has 1 aliphatic rings. The Morgan fingerprint density at radius 2 is 2.18 bits per heavy atom. The Labute approximate surface area is 104 Å². The predicted octanol–water partition coefficient (Wildman–Crippen LogP) is 2.52. The number of methoxy groups -OCH3 is 1. The maximum Gasteiger partial charge on any atom is 0.0587 e. The van der Waals surface area contributed by atoms with Crippen molar-refractivity contribution in [3.8, 4) is 0 Å². The molecular weight excluding hydrogens is 210 g/mol. The second-order valence-electron chi connectivity index (χ2n) is 5.24. The first-order chi connectivity index (χ1) is 8.26. The van der Waals surface area contributed by atoms with Gasteiger partial charge in [0.05, 0.1) is 6.61 Å². The Morgan fingerprint density at radius 3 is 3.00 bits per heavy atom. The normalized spacial score (nSPS) is 23.4. The largest absolute Gasteiger partial charge is 0.383 e. The SMILES string of the molecule is COCCNCC1(C)CCCc2ccccc21. The number of ether oxygens (including phenoxy) is 1. The molecule has 2 rings (SSSR count). The Hall–Kier alpha value is -0.860. The monoisotopic (exact) mass is 233 g/mol. The molecule has 1 aromatic rings. The Balaban J connectivity index is 2.05. The van der Waals surface area contributed by atoms with Crippen LogP contribution in [0, 0.1) is 0 Å². The minimum absolute atomic E-state index is 0.294. The Kier molecular flexibility index (Phi) is 4.19. The summed E-state index contributed by atoms with van der Waals surface area (Å²) in [5.41, 5.74) is 3.37. The molecular formula is C15H23NO. The zero-order valence-corrected chi connectivity index (χ0v) is 11.0. The van der Waals surface area contributed by atoms with E-state index >= 15 is 0 Å². The van der Waals surface area contributed by atoms with E-state index in [-0.39, 0.29) is 0 Å². The summed E-state index contributed by atoms with van der Waals surface area (Å²) in [5, 5.41) is 3.51. The lowest BCUT2D eigenvalue weighted by Gasteiger charge is -2.36. The number of benzene rings is 1. The molecule has 0 fully saturated rings. The summed E-state index contributed by atoms with van der Waals surface area (Å²) in [6.07, 6.45) is 3.83. The van der Waals surface area contributed by atoms with E-state index in [2.05, 4.69) is 36.5 Å². The minimum atomic E-state index is 0.294. The van der Waals surface area contributed by atoms with E-state index in [4.69, 9.17) is 4.74 Å². The number of hydrogen-bond acceptors (Lipinski definition) is 2. The third kappa shape index (κ3) is 2.88. The predicted molar refractivity (Wildman–Crippen MR) is 71.5 cm³/mol. The van der Waals surface area contributed by atoms with E-state index in [1.807, 2.05) is 0 Å². The van der Waals surface area contributed by atoms with Gasteiger partial charge in [0.1, 0.15) is 0 Å². The number of aryl methyl sites for hydroxylation is 1. The summed E-state index contributed by atoms with van der Waals surface area (Å²) in [6, 6.07) is 8.90. The highest BCUT2D eigenvalue weighted by Gasteiger charge is 2.30. The lowest BCUT2D eigenvalue weighted by Crippen LogP contribution is -2.39. The minimum Gasteiger partial charge on any atom is -0.383 e. The summed E-state index contributed by atoms with van der Waals surface area (Å²) in [5.74, 6) is 0. The second kappa shape index (κ2) is 5.65. The number of rotatable bonds is 5. The average molecular weight is 233 g/mol. The molecule has 0 spiro atoms. The van der Waals surface area contributed by atoms with Crippen LogP contribution in [0.5, 0.6) is 0 Å². The Morgan fingerprint density at radius 1 is 1.35 bits per heavy atom. The first-order valence-electron chi connectivity index (χ1n) is 6.54. The molecule has 1 unspecified atom stereocenters. The molecule has 0 amide bonds. The van der Waals surface area contributed by atoms with Crippen molar-refractivity contribution in [2.75, 3.05) is 26.8 Å². The van der Waals surface area contributed by atoms with Gasteiger partial charge in [-0.1, -0.05) is 31.2 Å². The Bertz CT molecular complexity index is 364. The van der Waals surface area contributed by atoms with E-state index in [0.717, 1.165) is 19.7 Å². The molecule has 1 aromatic carbocycles. The van der Waals surface area contributed by atoms with Crippen LogP contribution >= 0.6 is 0 Å². The van der Waals surface area contributed by atoms with Crippen LogP contribution in [-0.4, -0.2) is 26.8 Å². The van der Waals surface area contributed by atoms with Gasteiger partial charge in [0, 0.05) is 25.6 Å². The lowest BCUT2D eigenvalue weighted by molar-refractivity contribution is 0.196. The third-order valence-corrected chi connectivity index (χ3v) is 3.84. The molecule has 2 nitrogen and oxygen atoms in total. The lowest BCUT2D eigenvalue weighted by atomic mass is 9.71. The van der Waals surface area contributed by atoms with Crippen molar-refractivity contribution in [1.29, 1.82) is 0 Å². The zero-order chi connectivity index (χ0) is 12.1. The smallest absolute Gasteiger partial charge is 0.0587 e. The zero-order valence-electron chi connectivity index (χ0n) is 11.0. The van der Waals surface area contributed by atoms with Crippen molar-refractivity contribution in [3.05, 3.63) is 35.4 Å². The van der Waals surface area contributed by atoms with Crippen LogP contribution in [0.2, 0.25) is 0 Å². The van der Waals surface area contributed by atoms with Crippen molar-refractivity contribution in [2.45, 2.75) is 31.6 Å². The molecule has 0 saturated heterocycles. The van der Waals surface area contributed by atoms with E-state index < -0.39 is 0 Å². The highest BCUT2D eigenvalue weighted by atomic mass is 16.5. The standard InChI is InChI=1S/C15H23NO/c1-15(12-16-10-11-17-2)9-5-7-13-6-3-4-8-14(13)15/h3-4,6,8,16H,5,7,9-12H2,1-2H3. The highest BCUT2D eigenvalue weighted by molar-refractivity contribution is 5.36. The molecule has 17 heavy (non-hydrogen) atoms. The number of fused-ring (bicyclic) bond motifs is 1. The van der Waals surface area contributed by atoms with Crippen LogP contribution in [0.3, 0.4) is 0 Å². The highest BCUT2D eigenvalue weighted by Crippen LogP contribution is 2.36. The van der Waals surface area contributed by atoms with Crippen LogP contribution < -0.4 is 5.32 Å². The summed E-state index contributed by atoms with van der Waals surface area (Å²) in [6.45, 7) is 5.16. The van der Waals surface area contributed by atoms with Crippen LogP contribution in [-0.2, 0) is 16.6 Å². The first kappa shape index (κ1) is 12.6. The molecule has 0 heterocycles. The van der Waals surface area contributed by atoms with Crippen molar-refractivity contribution in [3.63, 3.8) is 0 Å². The molecule has 0 radical (unpaired) electrons. The molecule has 94 valence electrons. The van der Waals surface area contributed by atoms with Crippen LogP contribution in [0.15, 0.2) is 24.3 Å². The number of nitrogens with one attached hydrogen (secondary N) is 1. The van der Waals surface area contributed by atoms with Crippen LogP contribution in [0.1, 0.15) is 30.9 Å². The summed E-state index contributed by atoms with van der Waals surface area (Å²) in [7, 11) is 1.75. The first-order valence-corrected chi connectivity index (χ1v) is 6.54. The molecule has 0 aliphatic heterocycles. The van der Waals surface area contributed by atoms with Crippen LogP contribution in [0.25, 0.3) is 0 Å². The maximum atomic E-state index is 5.07. The van der Waals surface area contributed by atoms with Gasteiger partial charge in [-0.15, -0.1) is 0 Å². The summed E-state index contributed by atoms with van der Waals surface area (Å²) < 4.78 is 5.07. The average Bonchev–Trinajstić information content (AvgIpc) is 2.36. The van der Waals surface area contributed by atoms with Crippen molar-refractivity contribution < 1.29 is 4.74 Å². The fourth-order valence-electron chi connectivity index (χ4n) is 2.85.